The van der Waals surface area contributed by atoms with E-state index in [1.54, 1.807) is 36.5 Å². The Morgan fingerprint density at radius 3 is 2.35 bits per heavy atom. The van der Waals surface area contributed by atoms with Gasteiger partial charge in [-0.15, -0.1) is 12.4 Å². The lowest BCUT2D eigenvalue weighted by atomic mass is 10.1. The van der Waals surface area contributed by atoms with Gasteiger partial charge in [0.25, 0.3) is 0 Å². The number of halogens is 3. The standard InChI is InChI=1S/C42H39Cl2N3O6.ClH/c1-29-22-32(23-37(44)42(29)53-40-14-12-35(25-45-40)50-27-33-4-2-3-5-36(33)43)10-15-41(48)47-19-17-46(18-20-47)26-31-8-6-30(7-9-31)16-21-49-34-11-13-38-39(24-34)52-28-51-38;/h2-15,22-25H,16-21,26-28H2,1H3;1H. The zero-order valence-electron chi connectivity index (χ0n) is 29.7. The van der Waals surface area contributed by atoms with Crippen molar-refractivity contribution in [3.05, 3.63) is 141 Å². The molecule has 54 heavy (non-hydrogen) atoms. The molecule has 280 valence electrons. The van der Waals surface area contributed by atoms with Gasteiger partial charge in [0, 0.05) is 67.9 Å². The van der Waals surface area contributed by atoms with Gasteiger partial charge >= 0.3 is 0 Å². The van der Waals surface area contributed by atoms with E-state index in [9.17, 15) is 4.79 Å². The van der Waals surface area contributed by atoms with Gasteiger partial charge in [-0.05, 0) is 71.7 Å². The summed E-state index contributed by atoms with van der Waals surface area (Å²) in [5.41, 5.74) is 4.99. The Kier molecular flexibility index (Phi) is 13.2. The summed E-state index contributed by atoms with van der Waals surface area (Å²) >= 11 is 12.8. The second-order valence-corrected chi connectivity index (χ2v) is 13.6. The fraction of sp³-hybridized carbons (Fsp3) is 0.238. The van der Waals surface area contributed by atoms with Crippen molar-refractivity contribution in [2.45, 2.75) is 26.5 Å². The van der Waals surface area contributed by atoms with Gasteiger partial charge in [-0.2, -0.15) is 0 Å². The van der Waals surface area contributed by atoms with E-state index in [0.717, 1.165) is 60.0 Å². The fourth-order valence-corrected chi connectivity index (χ4v) is 6.60. The maximum Gasteiger partial charge on any atom is 0.246 e. The van der Waals surface area contributed by atoms with E-state index in [1.807, 2.05) is 60.4 Å². The molecule has 0 atom stereocenters. The van der Waals surface area contributed by atoms with Crippen LogP contribution in [0.15, 0.2) is 103 Å². The molecular weight excluding hydrogens is 749 g/mol. The molecule has 7 rings (SSSR count). The molecule has 0 unspecified atom stereocenters. The number of aryl methyl sites for hydroxylation is 1. The summed E-state index contributed by atoms with van der Waals surface area (Å²) in [6, 6.07) is 29.1. The highest BCUT2D eigenvalue weighted by molar-refractivity contribution is 6.32. The molecule has 1 saturated heterocycles. The van der Waals surface area contributed by atoms with Crippen molar-refractivity contribution in [2.75, 3.05) is 39.6 Å². The van der Waals surface area contributed by atoms with Crippen molar-refractivity contribution in [2.24, 2.45) is 0 Å². The minimum absolute atomic E-state index is 0. The molecule has 1 fully saturated rings. The largest absolute Gasteiger partial charge is 0.493 e. The second-order valence-electron chi connectivity index (χ2n) is 12.8. The average Bonchev–Trinajstić information content (AvgIpc) is 3.65. The molecule has 5 aromatic rings. The number of hydrogen-bond acceptors (Lipinski definition) is 8. The lowest BCUT2D eigenvalue weighted by Crippen LogP contribution is -2.47. The van der Waals surface area contributed by atoms with Gasteiger partial charge < -0.3 is 28.6 Å². The predicted molar refractivity (Wildman–Crippen MR) is 213 cm³/mol. The van der Waals surface area contributed by atoms with Crippen molar-refractivity contribution >= 4 is 47.6 Å². The van der Waals surface area contributed by atoms with Gasteiger partial charge in [-0.3, -0.25) is 9.69 Å². The third-order valence-electron chi connectivity index (χ3n) is 9.05. The first-order chi connectivity index (χ1) is 25.9. The van der Waals surface area contributed by atoms with Crippen LogP contribution < -0.4 is 23.7 Å². The summed E-state index contributed by atoms with van der Waals surface area (Å²) in [5.74, 6) is 3.70. The number of aromatic nitrogens is 1. The van der Waals surface area contributed by atoms with Gasteiger partial charge in [-0.1, -0.05) is 65.7 Å². The smallest absolute Gasteiger partial charge is 0.246 e. The van der Waals surface area contributed by atoms with E-state index >= 15 is 0 Å². The summed E-state index contributed by atoms with van der Waals surface area (Å²) in [6.45, 7) is 6.87. The van der Waals surface area contributed by atoms with Crippen LogP contribution in [0.2, 0.25) is 10.0 Å². The molecular formula is C42H40Cl3N3O6. The number of carbonyl (C=O) groups excluding carboxylic acids is 1. The van der Waals surface area contributed by atoms with E-state index in [1.165, 1.54) is 11.1 Å². The van der Waals surface area contributed by atoms with Gasteiger partial charge in [0.05, 0.1) is 17.8 Å². The van der Waals surface area contributed by atoms with E-state index in [0.29, 0.717) is 53.7 Å². The summed E-state index contributed by atoms with van der Waals surface area (Å²) in [4.78, 5) is 21.7. The molecule has 12 heteroatoms. The van der Waals surface area contributed by atoms with Crippen LogP contribution in [0.5, 0.6) is 34.6 Å². The number of piperazine rings is 1. The van der Waals surface area contributed by atoms with Crippen LogP contribution in [0.3, 0.4) is 0 Å². The number of carbonyl (C=O) groups is 1. The third kappa shape index (κ3) is 10.2. The highest BCUT2D eigenvalue weighted by atomic mass is 35.5. The molecule has 0 bridgehead atoms. The van der Waals surface area contributed by atoms with Crippen LogP contribution in [0, 0.1) is 6.92 Å². The summed E-state index contributed by atoms with van der Waals surface area (Å²) in [7, 11) is 0. The zero-order valence-corrected chi connectivity index (χ0v) is 32.0. The topological polar surface area (TPSA) is 82.6 Å². The first-order valence-electron chi connectivity index (χ1n) is 17.5. The highest BCUT2D eigenvalue weighted by Gasteiger charge is 2.20. The van der Waals surface area contributed by atoms with E-state index in [4.69, 9.17) is 46.9 Å². The monoisotopic (exact) mass is 787 g/mol. The molecule has 0 spiro atoms. The van der Waals surface area contributed by atoms with Gasteiger partial charge in [0.1, 0.15) is 18.1 Å². The maximum atomic E-state index is 13.1. The van der Waals surface area contributed by atoms with Crippen LogP contribution in [0.1, 0.15) is 27.8 Å². The van der Waals surface area contributed by atoms with Crippen LogP contribution in [0.25, 0.3) is 6.08 Å². The molecule has 0 N–H and O–H groups in total. The van der Waals surface area contributed by atoms with Gasteiger partial charge in [0.15, 0.2) is 17.2 Å². The summed E-state index contributed by atoms with van der Waals surface area (Å²) in [6.07, 6.45) is 5.81. The molecule has 1 aromatic heterocycles. The molecule has 1 amide bonds. The van der Waals surface area contributed by atoms with Crippen LogP contribution in [0.4, 0.5) is 0 Å². The number of hydrogen-bond donors (Lipinski definition) is 0. The molecule has 4 aromatic carbocycles. The SMILES string of the molecule is Cc1cc(C=CC(=O)N2CCN(Cc3ccc(CCOc4ccc5c(c4)OCO5)cc3)CC2)cc(Cl)c1Oc1ccc(OCc2ccccc2Cl)cn1.Cl. The van der Waals surface area contributed by atoms with Crippen LogP contribution in [-0.4, -0.2) is 60.3 Å². The van der Waals surface area contributed by atoms with Crippen LogP contribution in [-0.2, 0) is 24.4 Å². The predicted octanol–water partition coefficient (Wildman–Crippen LogP) is 9.20. The molecule has 9 nitrogen and oxygen atoms in total. The fourth-order valence-electron chi connectivity index (χ4n) is 6.10. The molecule has 3 heterocycles. The Morgan fingerprint density at radius 1 is 0.833 bits per heavy atom. The number of ether oxygens (including phenoxy) is 5. The van der Waals surface area contributed by atoms with Gasteiger partial charge in [-0.25, -0.2) is 4.98 Å². The molecule has 0 saturated carbocycles. The number of amides is 1. The van der Waals surface area contributed by atoms with Crippen molar-refractivity contribution in [1.29, 1.82) is 0 Å². The number of nitrogens with zero attached hydrogens (tertiary/aromatic N) is 3. The first-order valence-corrected chi connectivity index (χ1v) is 18.2. The number of rotatable bonds is 13. The minimum atomic E-state index is -0.0212. The van der Waals surface area contributed by atoms with Crippen LogP contribution >= 0.6 is 35.6 Å². The lowest BCUT2D eigenvalue weighted by Gasteiger charge is -2.34. The number of fused-ring (bicyclic) bond motifs is 1. The Bertz CT molecular complexity index is 2050. The molecule has 2 aliphatic rings. The normalized spacial score (nSPS) is 13.8. The Labute approximate surface area is 331 Å². The molecule has 0 radical (unpaired) electrons. The molecule has 0 aliphatic carbocycles. The Hall–Kier alpha value is -4.93. The average molecular weight is 789 g/mol. The van der Waals surface area contributed by atoms with E-state index in [-0.39, 0.29) is 25.1 Å². The third-order valence-corrected chi connectivity index (χ3v) is 9.70. The van der Waals surface area contributed by atoms with Gasteiger partial charge in [0.2, 0.25) is 18.6 Å². The number of benzene rings is 4. The number of pyridine rings is 1. The first kappa shape index (κ1) is 38.8. The van der Waals surface area contributed by atoms with Crippen molar-refractivity contribution in [3.63, 3.8) is 0 Å². The Morgan fingerprint density at radius 2 is 1.59 bits per heavy atom. The highest BCUT2D eigenvalue weighted by Crippen LogP contribution is 2.36. The van der Waals surface area contributed by atoms with Crippen molar-refractivity contribution < 1.29 is 28.5 Å². The van der Waals surface area contributed by atoms with E-state index in [2.05, 4.69) is 34.1 Å². The van der Waals surface area contributed by atoms with Crippen molar-refractivity contribution in [3.8, 4) is 34.6 Å². The quantitative estimate of drug-likeness (QED) is 0.109. The minimum Gasteiger partial charge on any atom is -0.493 e. The summed E-state index contributed by atoms with van der Waals surface area (Å²) < 4.78 is 28.5. The second kappa shape index (κ2) is 18.4. The lowest BCUT2D eigenvalue weighted by molar-refractivity contribution is -0.127. The summed E-state index contributed by atoms with van der Waals surface area (Å²) in [5, 5.41) is 1.08. The molecule has 2 aliphatic heterocycles. The Balaban J connectivity index is 0.00000497. The van der Waals surface area contributed by atoms with E-state index < -0.39 is 0 Å². The van der Waals surface area contributed by atoms with Crippen molar-refractivity contribution in [1.82, 2.24) is 14.8 Å². The maximum absolute atomic E-state index is 13.1. The zero-order chi connectivity index (χ0) is 36.6.